The van der Waals surface area contributed by atoms with Crippen LogP contribution >= 0.6 is 0 Å². The lowest BCUT2D eigenvalue weighted by atomic mass is 10.0. The summed E-state index contributed by atoms with van der Waals surface area (Å²) in [6.07, 6.45) is -9.25. The molecule has 0 bridgehead atoms. The summed E-state index contributed by atoms with van der Waals surface area (Å²) in [4.78, 5) is 20.4. The second-order valence-electron chi connectivity index (χ2n) is 7.81. The Morgan fingerprint density at radius 2 is 1.64 bits per heavy atom. The van der Waals surface area contributed by atoms with Crippen LogP contribution in [0, 0.1) is 5.82 Å². The third kappa shape index (κ3) is 4.68. The largest absolute Gasteiger partial charge is 0.421 e. The summed E-state index contributed by atoms with van der Waals surface area (Å²) in [5, 5.41) is 1.73. The molecule has 0 radical (unpaired) electrons. The first-order valence-electron chi connectivity index (χ1n) is 10.3. The molecular formula is C23H16F7N5O. The molecule has 1 unspecified atom stereocenters. The number of nitrogens with two attached hydrogens (primary N) is 1. The maximum atomic E-state index is 14.0. The first kappa shape index (κ1) is 24.9. The van der Waals surface area contributed by atoms with E-state index < -0.39 is 58.1 Å². The Balaban J connectivity index is 1.99. The molecule has 13 heteroatoms. The molecule has 0 saturated heterocycles. The highest BCUT2D eigenvalue weighted by Gasteiger charge is 2.36. The number of halogens is 7. The molecule has 0 fully saturated rings. The quantitative estimate of drug-likeness (QED) is 0.343. The van der Waals surface area contributed by atoms with Crippen LogP contribution in [0.3, 0.4) is 0 Å². The maximum absolute atomic E-state index is 14.0. The lowest BCUT2D eigenvalue weighted by Crippen LogP contribution is -2.28. The Kier molecular flexibility index (Phi) is 6.10. The zero-order valence-corrected chi connectivity index (χ0v) is 18.2. The van der Waals surface area contributed by atoms with E-state index in [-0.39, 0.29) is 16.8 Å². The van der Waals surface area contributed by atoms with Gasteiger partial charge in [-0.1, -0.05) is 18.2 Å². The van der Waals surface area contributed by atoms with E-state index >= 15 is 0 Å². The van der Waals surface area contributed by atoms with Gasteiger partial charge >= 0.3 is 12.4 Å². The number of alkyl halides is 6. The van der Waals surface area contributed by atoms with Gasteiger partial charge in [0.2, 0.25) is 5.95 Å². The second kappa shape index (κ2) is 8.81. The van der Waals surface area contributed by atoms with Crippen molar-refractivity contribution in [1.82, 2.24) is 14.5 Å². The predicted molar refractivity (Wildman–Crippen MR) is 118 cm³/mol. The monoisotopic (exact) mass is 511 g/mol. The maximum Gasteiger partial charge on any atom is 0.421 e. The minimum absolute atomic E-state index is 0.0530. The summed E-state index contributed by atoms with van der Waals surface area (Å²) in [6, 6.07) is 7.69. The van der Waals surface area contributed by atoms with Gasteiger partial charge < -0.3 is 11.1 Å². The molecule has 0 aliphatic rings. The zero-order chi connectivity index (χ0) is 26.4. The number of benzene rings is 2. The number of fused-ring (bicyclic) bond motifs is 1. The van der Waals surface area contributed by atoms with Gasteiger partial charge in [-0.25, -0.2) is 9.37 Å². The van der Waals surface area contributed by atoms with Gasteiger partial charge in [0.25, 0.3) is 5.56 Å². The lowest BCUT2D eigenvalue weighted by Gasteiger charge is -2.23. The topological polar surface area (TPSA) is 85.8 Å². The Bertz CT molecular complexity index is 1510. The van der Waals surface area contributed by atoms with E-state index in [2.05, 4.69) is 15.3 Å². The average Bonchev–Trinajstić information content (AvgIpc) is 2.77. The minimum Gasteiger partial charge on any atom is -0.368 e. The zero-order valence-electron chi connectivity index (χ0n) is 18.2. The van der Waals surface area contributed by atoms with Crippen molar-refractivity contribution in [3.05, 3.63) is 87.7 Å². The number of pyridine rings is 1. The highest BCUT2D eigenvalue weighted by atomic mass is 19.4. The number of aromatic nitrogens is 3. The van der Waals surface area contributed by atoms with Crippen molar-refractivity contribution in [3.8, 4) is 5.69 Å². The molecular weight excluding hydrogens is 495 g/mol. The highest BCUT2D eigenvalue weighted by Crippen LogP contribution is 2.37. The number of nitrogens with zero attached hydrogens (tertiary/aromatic N) is 3. The van der Waals surface area contributed by atoms with Crippen LogP contribution < -0.4 is 16.6 Å². The predicted octanol–water partition coefficient (Wildman–Crippen LogP) is 5.71. The summed E-state index contributed by atoms with van der Waals surface area (Å²) in [7, 11) is 0. The standard InChI is InChI=1S/C23H16F7N5O/c1-11(33-19-16(23(28,29)30)10-32-21(31)34-19)17-8-12-4-2-7-15(22(25,26)27)18(12)20(36)35(17)14-6-3-5-13(24)9-14/h2-11H,1H3,(H3,31,32,33,34). The van der Waals surface area contributed by atoms with Crippen molar-refractivity contribution < 1.29 is 30.7 Å². The van der Waals surface area contributed by atoms with Gasteiger partial charge in [-0.15, -0.1) is 0 Å². The van der Waals surface area contributed by atoms with Crippen molar-refractivity contribution in [1.29, 1.82) is 0 Å². The van der Waals surface area contributed by atoms with Gasteiger partial charge in [-0.05, 0) is 42.6 Å². The Hall–Kier alpha value is -4.16. The average molecular weight is 511 g/mol. The van der Waals surface area contributed by atoms with Gasteiger partial charge in [0.05, 0.1) is 22.7 Å². The molecule has 6 nitrogen and oxygen atoms in total. The van der Waals surface area contributed by atoms with Gasteiger partial charge in [0.1, 0.15) is 17.2 Å². The van der Waals surface area contributed by atoms with Crippen molar-refractivity contribution >= 4 is 22.5 Å². The molecule has 0 amide bonds. The van der Waals surface area contributed by atoms with Crippen LogP contribution in [0.4, 0.5) is 42.5 Å². The molecule has 0 aliphatic heterocycles. The Morgan fingerprint density at radius 3 is 2.28 bits per heavy atom. The summed E-state index contributed by atoms with van der Waals surface area (Å²) in [6.45, 7) is 1.36. The molecule has 2 heterocycles. The Morgan fingerprint density at radius 1 is 0.972 bits per heavy atom. The number of hydrogen-bond acceptors (Lipinski definition) is 5. The first-order chi connectivity index (χ1) is 16.8. The van der Waals surface area contributed by atoms with E-state index in [1.165, 1.54) is 31.2 Å². The Labute approximate surface area is 198 Å². The molecule has 4 rings (SSSR count). The summed E-state index contributed by atoms with van der Waals surface area (Å²) >= 11 is 0. The van der Waals surface area contributed by atoms with Gasteiger partial charge in [-0.2, -0.15) is 31.3 Å². The van der Waals surface area contributed by atoms with Crippen LogP contribution in [0.2, 0.25) is 0 Å². The number of anilines is 2. The lowest BCUT2D eigenvalue weighted by molar-refractivity contribution is -0.137. The molecule has 4 aromatic rings. The molecule has 2 aromatic heterocycles. The molecule has 0 spiro atoms. The van der Waals surface area contributed by atoms with E-state index in [9.17, 15) is 35.5 Å². The normalized spacial score (nSPS) is 13.1. The van der Waals surface area contributed by atoms with Crippen LogP contribution in [0.5, 0.6) is 0 Å². The van der Waals surface area contributed by atoms with E-state index in [1.807, 2.05) is 0 Å². The fourth-order valence-electron chi connectivity index (χ4n) is 3.81. The smallest absolute Gasteiger partial charge is 0.368 e. The summed E-state index contributed by atoms with van der Waals surface area (Å²) in [5.41, 5.74) is 1.69. The number of hydrogen-bond donors (Lipinski definition) is 2. The third-order valence-corrected chi connectivity index (χ3v) is 5.36. The fraction of sp³-hybridized carbons (Fsp3) is 0.174. The summed E-state index contributed by atoms with van der Waals surface area (Å²) < 4.78 is 96.3. The highest BCUT2D eigenvalue weighted by molar-refractivity contribution is 5.86. The van der Waals surface area contributed by atoms with Gasteiger partial charge in [-0.3, -0.25) is 9.36 Å². The van der Waals surface area contributed by atoms with Crippen molar-refractivity contribution in [3.63, 3.8) is 0 Å². The van der Waals surface area contributed by atoms with Crippen LogP contribution in [-0.4, -0.2) is 14.5 Å². The van der Waals surface area contributed by atoms with Crippen molar-refractivity contribution in [2.45, 2.75) is 25.3 Å². The van der Waals surface area contributed by atoms with Crippen molar-refractivity contribution in [2.24, 2.45) is 0 Å². The van der Waals surface area contributed by atoms with Crippen molar-refractivity contribution in [2.75, 3.05) is 11.1 Å². The van der Waals surface area contributed by atoms with Crippen LogP contribution in [0.15, 0.2) is 59.5 Å². The van der Waals surface area contributed by atoms with E-state index in [0.717, 1.165) is 28.8 Å². The molecule has 36 heavy (non-hydrogen) atoms. The fourth-order valence-corrected chi connectivity index (χ4v) is 3.81. The van der Waals surface area contributed by atoms with E-state index in [1.54, 1.807) is 0 Å². The number of nitrogen functional groups attached to an aromatic ring is 1. The number of nitrogens with one attached hydrogen (secondary N) is 1. The molecule has 1 atom stereocenters. The first-order valence-corrected chi connectivity index (χ1v) is 10.3. The number of rotatable bonds is 4. The molecule has 3 N–H and O–H groups in total. The van der Waals surface area contributed by atoms with E-state index in [4.69, 9.17) is 5.73 Å². The minimum atomic E-state index is -4.87. The molecule has 188 valence electrons. The molecule has 0 aliphatic carbocycles. The van der Waals surface area contributed by atoms with Crippen LogP contribution in [0.25, 0.3) is 16.5 Å². The van der Waals surface area contributed by atoms with Gasteiger partial charge in [0, 0.05) is 11.9 Å². The third-order valence-electron chi connectivity index (χ3n) is 5.36. The van der Waals surface area contributed by atoms with E-state index in [0.29, 0.717) is 6.20 Å². The second-order valence-corrected chi connectivity index (χ2v) is 7.81. The van der Waals surface area contributed by atoms with Gasteiger partial charge in [0.15, 0.2) is 0 Å². The SMILES string of the molecule is CC(Nc1nc(N)ncc1C(F)(F)F)c1cc2cccc(C(F)(F)F)c2c(=O)n1-c1cccc(F)c1. The van der Waals surface area contributed by atoms with Crippen LogP contribution in [-0.2, 0) is 12.4 Å². The molecule has 0 saturated carbocycles. The van der Waals surface area contributed by atoms with Crippen LogP contribution in [0.1, 0.15) is 29.8 Å². The summed E-state index contributed by atoms with van der Waals surface area (Å²) in [5.74, 6) is -1.95. The molecule has 2 aromatic carbocycles.